The van der Waals surface area contributed by atoms with Crippen LogP contribution in [0.25, 0.3) is 0 Å². The molecule has 8 N–H and O–H groups in total. The van der Waals surface area contributed by atoms with Gasteiger partial charge in [-0.1, -0.05) is 60.5 Å². The van der Waals surface area contributed by atoms with Gasteiger partial charge in [-0.15, -0.1) is 24.2 Å². The Morgan fingerprint density at radius 2 is 1.64 bits per heavy atom. The van der Waals surface area contributed by atoms with Crippen LogP contribution in [0.1, 0.15) is 114 Å². The average Bonchev–Trinajstić information content (AvgIpc) is 3.76. The van der Waals surface area contributed by atoms with Crippen molar-refractivity contribution in [2.45, 2.75) is 112 Å². The maximum Gasteiger partial charge on any atom is 0.313 e. The van der Waals surface area contributed by atoms with Crippen LogP contribution >= 0.6 is 18.9 Å². The number of carbonyl (C=O) groups is 6. The predicted octanol–water partition coefficient (Wildman–Crippen LogP) is 4.09. The number of hydrogen-bond acceptors (Lipinski definition) is 12. The summed E-state index contributed by atoms with van der Waals surface area (Å²) in [4.78, 5) is 81.5. The van der Waals surface area contributed by atoms with Crippen LogP contribution in [0.2, 0.25) is 0 Å². The third-order valence-electron chi connectivity index (χ3n) is 10.3. The van der Waals surface area contributed by atoms with Gasteiger partial charge >= 0.3 is 25.4 Å². The second-order valence-electron chi connectivity index (χ2n) is 15.4. The van der Waals surface area contributed by atoms with Crippen LogP contribution in [-0.4, -0.2) is 89.4 Å². The number of aromatic nitrogens is 1. The Labute approximate surface area is 380 Å². The van der Waals surface area contributed by atoms with E-state index in [0.717, 1.165) is 24.8 Å². The summed E-state index contributed by atoms with van der Waals surface area (Å²) in [6, 6.07) is 4.15. The first kappa shape index (κ1) is 54.8. The number of rotatable bonds is 28. The highest BCUT2D eigenvalue weighted by atomic mass is 32.1. The zero-order valence-corrected chi connectivity index (χ0v) is 39.6. The van der Waals surface area contributed by atoms with Gasteiger partial charge in [0, 0.05) is 50.3 Å². The second-order valence-corrected chi connectivity index (χ2v) is 18.3. The fraction of sp³-hybridized carbons (Fsp3) is 0.558. The van der Waals surface area contributed by atoms with Crippen LogP contribution in [0, 0.1) is 42.4 Å². The lowest BCUT2D eigenvalue weighted by Gasteiger charge is -2.36. The molecule has 0 saturated heterocycles. The normalized spacial score (nSPS) is 13.5. The number of carbonyl (C=O) groups excluding carboxylic acids is 6. The molecule has 5 atom stereocenters. The number of hydrogen-bond donors (Lipinski definition) is 8. The summed E-state index contributed by atoms with van der Waals surface area (Å²) in [5, 5.41) is 25.2. The van der Waals surface area contributed by atoms with Crippen molar-refractivity contribution < 1.29 is 47.9 Å². The number of amides is 5. The molecule has 0 radical (unpaired) electrons. The van der Waals surface area contributed by atoms with Gasteiger partial charge in [0.25, 0.3) is 5.91 Å². The molecule has 0 bridgehead atoms. The number of terminal acetylenes is 2. The number of anilines is 1. The highest BCUT2D eigenvalue weighted by molar-refractivity contribution is 7.57. The number of ether oxygens (including phenoxy) is 2. The van der Waals surface area contributed by atoms with Crippen LogP contribution in [-0.2, 0) is 44.4 Å². The van der Waals surface area contributed by atoms with E-state index in [1.165, 1.54) is 24.3 Å². The monoisotopic (exact) mass is 929 g/mol. The molecule has 2 aromatic rings. The first-order valence-corrected chi connectivity index (χ1v) is 23.7. The van der Waals surface area contributed by atoms with Crippen molar-refractivity contribution in [2.75, 3.05) is 32.1 Å². The number of phenolic OH excluding ortho intramolecular Hbond substituents is 1. The van der Waals surface area contributed by atoms with E-state index in [-0.39, 0.29) is 79.1 Å². The summed E-state index contributed by atoms with van der Waals surface area (Å²) < 4.78 is 24.2. The van der Waals surface area contributed by atoms with Gasteiger partial charge in [0.1, 0.15) is 16.5 Å². The van der Waals surface area contributed by atoms with Gasteiger partial charge in [0.05, 0.1) is 25.3 Å². The van der Waals surface area contributed by atoms with Crippen molar-refractivity contribution in [1.82, 2.24) is 41.5 Å². The number of thiazole rings is 1. The fourth-order valence-corrected chi connectivity index (χ4v) is 8.66. The minimum Gasteiger partial charge on any atom is -0.506 e. The number of hydrazine groups is 2. The molecule has 0 saturated carbocycles. The molecule has 5 amide bonds. The maximum atomic E-state index is 13.7. The molecular weight excluding hydrogens is 866 g/mol. The molecule has 1 aromatic heterocycles. The molecule has 0 spiro atoms. The third-order valence-corrected chi connectivity index (χ3v) is 12.7. The molecule has 1 heterocycles. The first-order chi connectivity index (χ1) is 30.3. The van der Waals surface area contributed by atoms with Crippen molar-refractivity contribution >= 4 is 60.1 Å². The number of aromatic hydroxyl groups is 1. The van der Waals surface area contributed by atoms with Crippen LogP contribution in [0.4, 0.5) is 5.69 Å². The maximum absolute atomic E-state index is 13.7. The van der Waals surface area contributed by atoms with E-state index in [4.69, 9.17) is 22.3 Å². The predicted molar refractivity (Wildman–Crippen MR) is 244 cm³/mol. The summed E-state index contributed by atoms with van der Waals surface area (Å²) in [6.07, 6.45) is 12.7. The smallest absolute Gasteiger partial charge is 0.313 e. The Bertz CT molecular complexity index is 2000. The molecule has 0 aliphatic carbocycles. The molecule has 0 fully saturated rings. The van der Waals surface area contributed by atoms with Gasteiger partial charge in [-0.2, -0.15) is 10.4 Å². The molecule has 64 heavy (non-hydrogen) atoms. The zero-order chi connectivity index (χ0) is 48.0. The van der Waals surface area contributed by atoms with E-state index in [9.17, 15) is 38.4 Å². The van der Waals surface area contributed by atoms with Crippen LogP contribution in [0.5, 0.6) is 5.75 Å². The summed E-state index contributed by atoms with van der Waals surface area (Å²) >= 11 is 1.21. The molecule has 0 unspecified atom stereocenters. The minimum atomic E-state index is -3.89. The Hall–Kier alpha value is -5.34. The van der Waals surface area contributed by atoms with Crippen molar-refractivity contribution in [3.63, 3.8) is 0 Å². The number of benzene rings is 1. The van der Waals surface area contributed by atoms with E-state index in [1.807, 2.05) is 38.5 Å². The summed E-state index contributed by atoms with van der Waals surface area (Å²) in [5.74, 6) is 0.279. The minimum absolute atomic E-state index is 0.0415. The number of phenols is 1. The third kappa shape index (κ3) is 18.4. The Morgan fingerprint density at radius 3 is 2.20 bits per heavy atom. The topological polar surface area (TPSA) is 259 Å². The van der Waals surface area contributed by atoms with Gasteiger partial charge in [0.2, 0.25) is 11.8 Å². The second kappa shape index (κ2) is 27.8. The van der Waals surface area contributed by atoms with Gasteiger partial charge < -0.3 is 30.1 Å². The lowest BCUT2D eigenvalue weighted by Crippen LogP contribution is -2.48. The number of esters is 1. The van der Waals surface area contributed by atoms with Gasteiger partial charge in [-0.3, -0.25) is 44.2 Å². The van der Waals surface area contributed by atoms with Gasteiger partial charge in [0.15, 0.2) is 6.10 Å². The Morgan fingerprint density at radius 1 is 0.984 bits per heavy atom. The van der Waals surface area contributed by atoms with E-state index in [0.29, 0.717) is 24.3 Å². The van der Waals surface area contributed by atoms with Crippen molar-refractivity contribution in [3.8, 4) is 30.4 Å². The molecule has 1 aromatic carbocycles. The standard InChI is InChI=1S/C43H64N9O10PS/c1-11-16-31(45-41(58)34-26-64-42(47-34)37(62-29(9)53)25-35(27(6)7)52(10)43(59)32(13-3)28(8)12-2)23-30-17-18-36(54)33(24-30)46-40(57)19-21-61-22-20-44-63(60,50-48-38(55)14-4)51-49-39(56)15-5/h4-5,17-18,24,26-28,31-32,35,37,54H,11-13,16,19-23,25H2,1-3,6-10H3,(H,45,58)(H,46,57)(H,48,55)(H,49,56)(H3,44,50,51,60)/t28-,31+,32-,35+,37+/m0/s1. The quantitative estimate of drug-likeness (QED) is 0.0149. The zero-order valence-electron chi connectivity index (χ0n) is 37.9. The van der Waals surface area contributed by atoms with E-state index in [1.54, 1.807) is 41.3 Å². The number of nitrogens with zero attached hydrogens (tertiary/aromatic N) is 2. The van der Waals surface area contributed by atoms with Crippen molar-refractivity contribution in [1.29, 1.82) is 0 Å². The lowest BCUT2D eigenvalue weighted by molar-refractivity contribution is -0.149. The molecule has 0 aliphatic heterocycles. The fourth-order valence-electron chi connectivity index (χ4n) is 6.69. The highest BCUT2D eigenvalue weighted by Crippen LogP contribution is 2.33. The van der Waals surface area contributed by atoms with Crippen LogP contribution < -0.4 is 37.0 Å². The molecule has 0 aliphatic rings. The SMILES string of the molecule is C#CC(=O)NNP(=O)(NCCOCCC(=O)Nc1cc(C[C@@H](CCC)NC(=O)c2csc([C@@H](C[C@H](C(C)C)N(C)C(=O)[C@@H](CC)[C@@H](C)CC)OC(C)=O)n2)ccc1O)NNC(=O)C#C. The summed E-state index contributed by atoms with van der Waals surface area (Å²) in [7, 11) is -2.09. The molecule has 352 valence electrons. The van der Waals surface area contributed by atoms with Gasteiger partial charge in [-0.25, -0.2) is 10.1 Å². The molecule has 21 heteroatoms. The molecular formula is C43H64N9O10PS. The average molecular weight is 930 g/mol. The van der Waals surface area contributed by atoms with Crippen molar-refractivity contribution in [3.05, 3.63) is 39.8 Å². The highest BCUT2D eigenvalue weighted by Gasteiger charge is 2.34. The lowest BCUT2D eigenvalue weighted by atomic mass is 9.87. The first-order valence-electron chi connectivity index (χ1n) is 21.1. The van der Waals surface area contributed by atoms with Crippen LogP contribution in [0.15, 0.2) is 23.6 Å². The van der Waals surface area contributed by atoms with E-state index in [2.05, 4.69) is 44.9 Å². The molecule has 19 nitrogen and oxygen atoms in total. The van der Waals surface area contributed by atoms with Crippen molar-refractivity contribution in [2.24, 2.45) is 17.8 Å². The van der Waals surface area contributed by atoms with Crippen LogP contribution in [0.3, 0.4) is 0 Å². The largest absolute Gasteiger partial charge is 0.506 e. The van der Waals surface area contributed by atoms with E-state index >= 15 is 0 Å². The Kier molecular flexibility index (Phi) is 23.8. The number of nitrogens with one attached hydrogen (secondary N) is 7. The van der Waals surface area contributed by atoms with Gasteiger partial charge in [-0.05, 0) is 60.6 Å². The summed E-state index contributed by atoms with van der Waals surface area (Å²) in [6.45, 7) is 13.3. The summed E-state index contributed by atoms with van der Waals surface area (Å²) in [5.41, 5.74) is 5.04. The molecule has 2 rings (SSSR count). The van der Waals surface area contributed by atoms with E-state index < -0.39 is 43.3 Å². The Balaban J connectivity index is 2.06.